The molecule has 1 unspecified atom stereocenters. The SMILES string of the molecule is COc1ccc(N2CC(NC(=O)/C=C\c3ccccc3)CC2=O)cc1OC. The monoisotopic (exact) mass is 366 g/mol. The van der Waals surface area contributed by atoms with Crippen molar-refractivity contribution in [1.82, 2.24) is 5.32 Å². The molecular formula is C21H22N2O4. The molecule has 1 heterocycles. The second kappa shape index (κ2) is 8.40. The maximum absolute atomic E-state index is 12.4. The van der Waals surface area contributed by atoms with Gasteiger partial charge in [0.25, 0.3) is 0 Å². The fraction of sp³-hybridized carbons (Fsp3) is 0.238. The van der Waals surface area contributed by atoms with Crippen LogP contribution in [0.5, 0.6) is 11.5 Å². The molecule has 0 aliphatic carbocycles. The summed E-state index contributed by atoms with van der Waals surface area (Å²) in [7, 11) is 3.11. The lowest BCUT2D eigenvalue weighted by molar-refractivity contribution is -0.117. The zero-order valence-corrected chi connectivity index (χ0v) is 15.3. The summed E-state index contributed by atoms with van der Waals surface area (Å²) in [5, 5.41) is 2.89. The molecule has 6 heteroatoms. The molecule has 2 amide bonds. The van der Waals surface area contributed by atoms with Crippen molar-refractivity contribution in [1.29, 1.82) is 0 Å². The van der Waals surface area contributed by atoms with E-state index in [1.54, 1.807) is 43.4 Å². The van der Waals surface area contributed by atoms with E-state index in [0.29, 0.717) is 23.7 Å². The molecule has 1 atom stereocenters. The van der Waals surface area contributed by atoms with Gasteiger partial charge in [0.15, 0.2) is 11.5 Å². The fourth-order valence-corrected chi connectivity index (χ4v) is 3.03. The summed E-state index contributed by atoms with van der Waals surface area (Å²) in [6, 6.07) is 14.7. The van der Waals surface area contributed by atoms with E-state index in [9.17, 15) is 9.59 Å². The van der Waals surface area contributed by atoms with Gasteiger partial charge in [-0.2, -0.15) is 0 Å². The Balaban J connectivity index is 1.63. The van der Waals surface area contributed by atoms with E-state index in [1.807, 2.05) is 30.3 Å². The quantitative estimate of drug-likeness (QED) is 0.798. The van der Waals surface area contributed by atoms with Crippen LogP contribution in [0.4, 0.5) is 5.69 Å². The van der Waals surface area contributed by atoms with Crippen molar-refractivity contribution < 1.29 is 19.1 Å². The summed E-state index contributed by atoms with van der Waals surface area (Å²) in [5.74, 6) is 0.898. The molecule has 2 aromatic carbocycles. The van der Waals surface area contributed by atoms with E-state index in [4.69, 9.17) is 9.47 Å². The second-order valence-electron chi connectivity index (χ2n) is 6.20. The zero-order valence-electron chi connectivity index (χ0n) is 15.3. The van der Waals surface area contributed by atoms with Gasteiger partial charge in [-0.25, -0.2) is 0 Å². The number of anilines is 1. The molecular weight excluding hydrogens is 344 g/mol. The average Bonchev–Trinajstić information content (AvgIpc) is 3.06. The van der Waals surface area contributed by atoms with Crippen molar-refractivity contribution in [3.05, 3.63) is 60.2 Å². The largest absolute Gasteiger partial charge is 0.493 e. The highest BCUT2D eigenvalue weighted by Gasteiger charge is 2.31. The van der Waals surface area contributed by atoms with Gasteiger partial charge in [0.2, 0.25) is 11.8 Å². The Hall–Kier alpha value is -3.28. The number of ether oxygens (including phenoxy) is 2. The molecule has 0 bridgehead atoms. The number of benzene rings is 2. The lowest BCUT2D eigenvalue weighted by Gasteiger charge is -2.18. The Morgan fingerprint density at radius 2 is 1.85 bits per heavy atom. The van der Waals surface area contributed by atoms with Crippen LogP contribution in [0, 0.1) is 0 Å². The summed E-state index contributed by atoms with van der Waals surface area (Å²) in [6.07, 6.45) is 3.50. The predicted octanol–water partition coefficient (Wildman–Crippen LogP) is 2.64. The van der Waals surface area contributed by atoms with E-state index >= 15 is 0 Å². The number of carbonyl (C=O) groups is 2. The number of hydrogen-bond acceptors (Lipinski definition) is 4. The van der Waals surface area contributed by atoms with E-state index in [1.165, 1.54) is 6.08 Å². The summed E-state index contributed by atoms with van der Waals surface area (Å²) in [5.41, 5.74) is 1.66. The van der Waals surface area contributed by atoms with Crippen LogP contribution in [0.2, 0.25) is 0 Å². The predicted molar refractivity (Wildman–Crippen MR) is 104 cm³/mol. The molecule has 0 radical (unpaired) electrons. The van der Waals surface area contributed by atoms with Gasteiger partial charge in [-0.3, -0.25) is 9.59 Å². The molecule has 1 N–H and O–H groups in total. The standard InChI is InChI=1S/C21H22N2O4/c1-26-18-10-9-17(13-19(18)27-2)23-14-16(12-21(23)25)22-20(24)11-8-15-6-4-3-5-7-15/h3-11,13,16H,12,14H2,1-2H3,(H,22,24)/b11-8-. The first kappa shape index (κ1) is 18.5. The van der Waals surface area contributed by atoms with Gasteiger partial charge < -0.3 is 19.7 Å². The third-order valence-electron chi connectivity index (χ3n) is 4.38. The third kappa shape index (κ3) is 4.47. The summed E-state index contributed by atoms with van der Waals surface area (Å²) >= 11 is 0. The summed E-state index contributed by atoms with van der Waals surface area (Å²) in [4.78, 5) is 26.2. The number of methoxy groups -OCH3 is 2. The molecule has 1 saturated heterocycles. The Kier molecular flexibility index (Phi) is 5.76. The van der Waals surface area contributed by atoms with Gasteiger partial charge >= 0.3 is 0 Å². The third-order valence-corrected chi connectivity index (χ3v) is 4.38. The fourth-order valence-electron chi connectivity index (χ4n) is 3.03. The number of amides is 2. The molecule has 0 spiro atoms. The number of carbonyl (C=O) groups excluding carboxylic acids is 2. The number of nitrogens with one attached hydrogen (secondary N) is 1. The highest BCUT2D eigenvalue weighted by atomic mass is 16.5. The topological polar surface area (TPSA) is 67.9 Å². The van der Waals surface area contributed by atoms with Crippen LogP contribution in [0.25, 0.3) is 6.08 Å². The Morgan fingerprint density at radius 1 is 1.11 bits per heavy atom. The van der Waals surface area contributed by atoms with Gasteiger partial charge in [0.1, 0.15) is 0 Å². The molecule has 0 saturated carbocycles. The minimum absolute atomic E-state index is 0.0421. The molecule has 3 rings (SSSR count). The van der Waals surface area contributed by atoms with Gasteiger partial charge in [-0.05, 0) is 23.8 Å². The van der Waals surface area contributed by atoms with Crippen LogP contribution in [-0.4, -0.2) is 38.6 Å². The van der Waals surface area contributed by atoms with Crippen molar-refractivity contribution in [3.63, 3.8) is 0 Å². The lowest BCUT2D eigenvalue weighted by atomic mass is 10.2. The Bertz CT molecular complexity index is 849. The maximum Gasteiger partial charge on any atom is 0.244 e. The van der Waals surface area contributed by atoms with Crippen LogP contribution in [-0.2, 0) is 9.59 Å². The smallest absolute Gasteiger partial charge is 0.244 e. The van der Waals surface area contributed by atoms with Crippen molar-refractivity contribution in [2.75, 3.05) is 25.7 Å². The molecule has 2 aromatic rings. The normalized spacial score (nSPS) is 16.6. The molecule has 1 aliphatic rings. The van der Waals surface area contributed by atoms with Crippen molar-refractivity contribution >= 4 is 23.6 Å². The molecule has 27 heavy (non-hydrogen) atoms. The second-order valence-corrected chi connectivity index (χ2v) is 6.20. The highest BCUT2D eigenvalue weighted by molar-refractivity contribution is 5.98. The molecule has 1 aliphatic heterocycles. The first-order valence-corrected chi connectivity index (χ1v) is 8.66. The van der Waals surface area contributed by atoms with Crippen LogP contribution >= 0.6 is 0 Å². The number of rotatable bonds is 6. The molecule has 0 aromatic heterocycles. The van der Waals surface area contributed by atoms with E-state index in [2.05, 4.69) is 5.32 Å². The lowest BCUT2D eigenvalue weighted by Crippen LogP contribution is -2.36. The van der Waals surface area contributed by atoms with Crippen LogP contribution in [0.1, 0.15) is 12.0 Å². The minimum atomic E-state index is -0.237. The average molecular weight is 366 g/mol. The van der Waals surface area contributed by atoms with Crippen LogP contribution < -0.4 is 19.7 Å². The van der Waals surface area contributed by atoms with Gasteiger partial charge in [0, 0.05) is 30.8 Å². The molecule has 6 nitrogen and oxygen atoms in total. The zero-order chi connectivity index (χ0) is 19.2. The van der Waals surface area contributed by atoms with E-state index < -0.39 is 0 Å². The number of nitrogens with zero attached hydrogens (tertiary/aromatic N) is 1. The van der Waals surface area contributed by atoms with E-state index in [0.717, 1.165) is 5.56 Å². The first-order chi connectivity index (χ1) is 13.1. The minimum Gasteiger partial charge on any atom is -0.493 e. The first-order valence-electron chi connectivity index (χ1n) is 8.66. The maximum atomic E-state index is 12.4. The summed E-state index contributed by atoms with van der Waals surface area (Å²) in [6.45, 7) is 0.416. The summed E-state index contributed by atoms with van der Waals surface area (Å²) < 4.78 is 10.5. The van der Waals surface area contributed by atoms with Crippen LogP contribution in [0.15, 0.2) is 54.6 Å². The Morgan fingerprint density at radius 3 is 2.56 bits per heavy atom. The van der Waals surface area contributed by atoms with Gasteiger partial charge in [-0.1, -0.05) is 30.3 Å². The van der Waals surface area contributed by atoms with Crippen molar-refractivity contribution in [2.24, 2.45) is 0 Å². The van der Waals surface area contributed by atoms with Crippen LogP contribution in [0.3, 0.4) is 0 Å². The van der Waals surface area contributed by atoms with Crippen molar-refractivity contribution in [2.45, 2.75) is 12.5 Å². The highest BCUT2D eigenvalue weighted by Crippen LogP contribution is 2.33. The van der Waals surface area contributed by atoms with Gasteiger partial charge in [0.05, 0.1) is 20.3 Å². The number of hydrogen-bond donors (Lipinski definition) is 1. The Labute approximate surface area is 158 Å². The molecule has 1 fully saturated rings. The molecule has 140 valence electrons. The van der Waals surface area contributed by atoms with E-state index in [-0.39, 0.29) is 24.3 Å². The van der Waals surface area contributed by atoms with Gasteiger partial charge in [-0.15, -0.1) is 0 Å². The van der Waals surface area contributed by atoms with Crippen molar-refractivity contribution in [3.8, 4) is 11.5 Å².